The van der Waals surface area contributed by atoms with Gasteiger partial charge in [-0.1, -0.05) is 0 Å². The first-order valence-corrected chi connectivity index (χ1v) is 10.6. The number of alkyl halides is 4. The van der Waals surface area contributed by atoms with E-state index < -0.39 is 52.8 Å². The van der Waals surface area contributed by atoms with Crippen LogP contribution >= 0.6 is 0 Å². The number of nitrogens with zero attached hydrogens (tertiary/aromatic N) is 3. The molecule has 0 radical (unpaired) electrons. The van der Waals surface area contributed by atoms with Crippen molar-refractivity contribution in [3.05, 3.63) is 23.9 Å². The van der Waals surface area contributed by atoms with Crippen LogP contribution in [0.15, 0.2) is 18.3 Å². The summed E-state index contributed by atoms with van der Waals surface area (Å²) in [5.74, 6) is -1.12. The second-order valence-corrected chi connectivity index (χ2v) is 9.74. The van der Waals surface area contributed by atoms with E-state index in [2.05, 4.69) is 4.98 Å². The molecular weight excluding hydrogens is 446 g/mol. The summed E-state index contributed by atoms with van der Waals surface area (Å²) in [6.45, 7) is 7.74. The number of likely N-dealkylation sites (tertiary alicyclic amines) is 1. The summed E-state index contributed by atoms with van der Waals surface area (Å²) in [6, 6.07) is 1.19. The Labute approximate surface area is 191 Å². The largest absolute Gasteiger partial charge is 0.476 e. The van der Waals surface area contributed by atoms with E-state index in [1.54, 1.807) is 20.8 Å². The van der Waals surface area contributed by atoms with Crippen LogP contribution < -0.4 is 4.74 Å². The van der Waals surface area contributed by atoms with E-state index >= 15 is 0 Å². The highest BCUT2D eigenvalue weighted by molar-refractivity contribution is 5.82. The van der Waals surface area contributed by atoms with Crippen LogP contribution in [0.3, 0.4) is 0 Å². The van der Waals surface area contributed by atoms with Gasteiger partial charge in [0.1, 0.15) is 23.9 Å². The Hall–Kier alpha value is -2.59. The van der Waals surface area contributed by atoms with Crippen LogP contribution in [-0.4, -0.2) is 71.3 Å². The minimum Gasteiger partial charge on any atom is -0.476 e. The van der Waals surface area contributed by atoms with Crippen molar-refractivity contribution in [2.24, 2.45) is 5.41 Å². The van der Waals surface area contributed by atoms with Crippen molar-refractivity contribution in [2.45, 2.75) is 65.0 Å². The lowest BCUT2D eigenvalue weighted by Crippen LogP contribution is -2.57. The number of piperidine rings is 1. The molecule has 2 rings (SSSR count). The highest BCUT2D eigenvalue weighted by Crippen LogP contribution is 2.35. The average Bonchev–Trinajstić information content (AvgIpc) is 2.69. The molecule has 2 heterocycles. The van der Waals surface area contributed by atoms with Crippen LogP contribution in [0.5, 0.6) is 5.88 Å². The predicted molar refractivity (Wildman–Crippen MR) is 112 cm³/mol. The van der Waals surface area contributed by atoms with Crippen molar-refractivity contribution >= 4 is 12.0 Å². The van der Waals surface area contributed by atoms with Gasteiger partial charge in [0.2, 0.25) is 11.8 Å². The fraction of sp³-hybridized carbons (Fsp3) is 0.682. The molecule has 0 N–H and O–H groups in total. The quantitative estimate of drug-likeness (QED) is 0.591. The highest BCUT2D eigenvalue weighted by Gasteiger charge is 2.42. The summed E-state index contributed by atoms with van der Waals surface area (Å²) in [5, 5.41) is 0. The maximum Gasteiger partial charge on any atom is 0.421 e. The smallest absolute Gasteiger partial charge is 0.421 e. The zero-order chi connectivity index (χ0) is 25.2. The van der Waals surface area contributed by atoms with Gasteiger partial charge in [0, 0.05) is 19.8 Å². The molecule has 1 saturated heterocycles. The third-order valence-electron chi connectivity index (χ3n) is 5.20. The minimum atomic E-state index is -4.65. The Balaban J connectivity index is 2.02. The van der Waals surface area contributed by atoms with Crippen LogP contribution in [0.1, 0.15) is 46.6 Å². The topological polar surface area (TPSA) is 72.0 Å². The highest BCUT2D eigenvalue weighted by atomic mass is 19.4. The molecule has 2 atom stereocenters. The molecule has 0 bridgehead atoms. The molecule has 0 aromatic carbocycles. The monoisotopic (exact) mass is 477 g/mol. The summed E-state index contributed by atoms with van der Waals surface area (Å²) < 4.78 is 64.9. The van der Waals surface area contributed by atoms with Gasteiger partial charge in [-0.15, -0.1) is 0 Å². The number of carbonyl (C=O) groups is 2. The first-order valence-electron chi connectivity index (χ1n) is 10.6. The molecule has 0 spiro atoms. The molecule has 1 aromatic rings. The van der Waals surface area contributed by atoms with Crippen LogP contribution in [0.4, 0.5) is 22.4 Å². The van der Waals surface area contributed by atoms with Gasteiger partial charge in [0.15, 0.2) is 0 Å². The fourth-order valence-corrected chi connectivity index (χ4v) is 3.48. The Morgan fingerprint density at radius 2 is 1.85 bits per heavy atom. The first kappa shape index (κ1) is 26.7. The Morgan fingerprint density at radius 3 is 2.39 bits per heavy atom. The summed E-state index contributed by atoms with van der Waals surface area (Å²) >= 11 is 0. The van der Waals surface area contributed by atoms with Crippen LogP contribution in [0, 0.1) is 5.41 Å². The number of pyridine rings is 1. The van der Waals surface area contributed by atoms with E-state index in [9.17, 15) is 27.2 Å². The van der Waals surface area contributed by atoms with E-state index in [0.717, 1.165) is 18.3 Å². The molecule has 0 aliphatic carbocycles. The molecule has 2 amide bonds. The molecule has 0 saturated carbocycles. The minimum absolute atomic E-state index is 0.193. The van der Waals surface area contributed by atoms with Crippen molar-refractivity contribution in [1.82, 2.24) is 14.8 Å². The maximum atomic E-state index is 14.9. The lowest BCUT2D eigenvalue weighted by Gasteiger charge is -2.41. The van der Waals surface area contributed by atoms with Crippen molar-refractivity contribution in [2.75, 3.05) is 26.7 Å². The number of ether oxygens (including phenoxy) is 2. The summed E-state index contributed by atoms with van der Waals surface area (Å²) in [5.41, 5.74) is -3.01. The first-order chi connectivity index (χ1) is 15.0. The van der Waals surface area contributed by atoms with Crippen molar-refractivity contribution in [3.8, 4) is 5.88 Å². The normalized spacial score (nSPS) is 19.8. The van der Waals surface area contributed by atoms with Gasteiger partial charge in [-0.3, -0.25) is 4.79 Å². The van der Waals surface area contributed by atoms with Gasteiger partial charge < -0.3 is 19.3 Å². The molecular formula is C22H31F4N3O4. The second kappa shape index (κ2) is 9.72. The van der Waals surface area contributed by atoms with Gasteiger partial charge in [-0.25, -0.2) is 14.2 Å². The lowest BCUT2D eigenvalue weighted by atomic mass is 9.90. The summed E-state index contributed by atoms with van der Waals surface area (Å²) in [7, 11) is 1.44. The van der Waals surface area contributed by atoms with Crippen LogP contribution in [-0.2, 0) is 15.7 Å². The van der Waals surface area contributed by atoms with E-state index in [-0.39, 0.29) is 26.1 Å². The molecule has 1 aliphatic heterocycles. The third-order valence-corrected chi connectivity index (χ3v) is 5.20. The van der Waals surface area contributed by atoms with Gasteiger partial charge in [-0.2, -0.15) is 13.2 Å². The number of hydrogen-bond acceptors (Lipinski definition) is 5. The molecule has 186 valence electrons. The van der Waals surface area contributed by atoms with Gasteiger partial charge in [0.05, 0.1) is 18.0 Å². The number of carbonyl (C=O) groups excluding carboxylic acids is 2. The van der Waals surface area contributed by atoms with E-state index in [1.165, 1.54) is 30.7 Å². The molecule has 0 unspecified atom stereocenters. The SMILES string of the molecule is CN(C(=O)C(C)(C)COc1ncccc1C(F)(F)F)[C@H]1CCN(C(=O)OC(C)(C)C)C[C@@H]1F. The fourth-order valence-electron chi connectivity index (χ4n) is 3.48. The maximum absolute atomic E-state index is 14.9. The zero-order valence-corrected chi connectivity index (χ0v) is 19.7. The Morgan fingerprint density at radius 1 is 1.21 bits per heavy atom. The lowest BCUT2D eigenvalue weighted by molar-refractivity contribution is -0.146. The standard InChI is InChI=1S/C22H31F4N3O4/c1-20(2,3)33-19(31)29-11-9-16(15(23)12-29)28(6)18(30)21(4,5)13-32-17-14(22(24,25)26)8-7-10-27-17/h7-8,10,15-16H,9,11-13H2,1-6H3/t15-,16-/m0/s1. The molecule has 11 heteroatoms. The molecule has 33 heavy (non-hydrogen) atoms. The molecule has 1 fully saturated rings. The zero-order valence-electron chi connectivity index (χ0n) is 19.7. The number of hydrogen-bond donors (Lipinski definition) is 0. The number of halogens is 4. The Kier molecular flexibility index (Phi) is 7.86. The van der Waals surface area contributed by atoms with E-state index in [4.69, 9.17) is 9.47 Å². The number of rotatable bonds is 5. The number of amides is 2. The van der Waals surface area contributed by atoms with Gasteiger partial charge in [0.25, 0.3) is 0 Å². The Bertz CT molecular complexity index is 855. The van der Waals surface area contributed by atoms with E-state index in [1.807, 2.05) is 0 Å². The van der Waals surface area contributed by atoms with Crippen molar-refractivity contribution in [1.29, 1.82) is 0 Å². The van der Waals surface area contributed by atoms with Gasteiger partial charge >= 0.3 is 12.3 Å². The van der Waals surface area contributed by atoms with Crippen molar-refractivity contribution < 1.29 is 36.6 Å². The molecule has 1 aliphatic rings. The summed E-state index contributed by atoms with van der Waals surface area (Å²) in [6.07, 6.45) is -5.43. The average molecular weight is 477 g/mol. The van der Waals surface area contributed by atoms with E-state index in [0.29, 0.717) is 0 Å². The van der Waals surface area contributed by atoms with Crippen molar-refractivity contribution in [3.63, 3.8) is 0 Å². The van der Waals surface area contributed by atoms with Crippen LogP contribution in [0.2, 0.25) is 0 Å². The van der Waals surface area contributed by atoms with Crippen LogP contribution in [0.25, 0.3) is 0 Å². The second-order valence-electron chi connectivity index (χ2n) is 9.74. The predicted octanol–water partition coefficient (Wildman–Crippen LogP) is 4.31. The van der Waals surface area contributed by atoms with Gasteiger partial charge in [-0.05, 0) is 53.2 Å². The third kappa shape index (κ3) is 6.94. The summed E-state index contributed by atoms with van der Waals surface area (Å²) in [4.78, 5) is 31.4. The molecule has 1 aromatic heterocycles. The number of aromatic nitrogens is 1. The molecule has 7 nitrogen and oxygen atoms in total.